The molecule has 2 atom stereocenters. The van der Waals surface area contributed by atoms with Crippen LogP contribution in [0.5, 0.6) is 5.75 Å². The Labute approximate surface area is 114 Å². The Balaban J connectivity index is 1.70. The van der Waals surface area contributed by atoms with Gasteiger partial charge in [-0.2, -0.15) is 0 Å². The fourth-order valence-electron chi connectivity index (χ4n) is 3.49. The second kappa shape index (κ2) is 5.24. The molecule has 1 aromatic carbocycles. The van der Waals surface area contributed by atoms with Crippen molar-refractivity contribution in [2.24, 2.45) is 11.8 Å². The first-order chi connectivity index (χ1) is 9.28. The first kappa shape index (κ1) is 12.5. The maximum absolute atomic E-state index is 12.5. The van der Waals surface area contributed by atoms with Gasteiger partial charge in [0, 0.05) is 18.7 Å². The molecule has 0 bridgehead atoms. The molecule has 1 aliphatic heterocycles. The van der Waals surface area contributed by atoms with Crippen molar-refractivity contribution in [2.45, 2.75) is 25.7 Å². The molecule has 1 saturated carbocycles. The molecule has 1 aliphatic carbocycles. The molecule has 3 nitrogen and oxygen atoms in total. The molecule has 19 heavy (non-hydrogen) atoms. The average Bonchev–Trinajstić information content (AvgIpc) is 2.90. The van der Waals surface area contributed by atoms with Crippen molar-refractivity contribution in [3.05, 3.63) is 29.8 Å². The Bertz CT molecular complexity index is 440. The molecule has 0 radical (unpaired) electrons. The van der Waals surface area contributed by atoms with E-state index in [2.05, 4.69) is 0 Å². The van der Waals surface area contributed by atoms with Gasteiger partial charge >= 0.3 is 0 Å². The molecule has 1 heterocycles. The van der Waals surface area contributed by atoms with Crippen molar-refractivity contribution < 1.29 is 9.53 Å². The summed E-state index contributed by atoms with van der Waals surface area (Å²) in [5.74, 6) is 2.47. The van der Waals surface area contributed by atoms with Crippen molar-refractivity contribution in [3.63, 3.8) is 0 Å². The Kier molecular flexibility index (Phi) is 3.45. The minimum Gasteiger partial charge on any atom is -0.497 e. The highest BCUT2D eigenvalue weighted by Crippen LogP contribution is 2.36. The smallest absolute Gasteiger partial charge is 0.253 e. The van der Waals surface area contributed by atoms with Crippen LogP contribution in [0.25, 0.3) is 0 Å². The SMILES string of the molecule is COc1ccc(C(=O)N2CC3CCCCC3C2)cc1. The van der Waals surface area contributed by atoms with Crippen molar-refractivity contribution in [2.75, 3.05) is 20.2 Å². The van der Waals surface area contributed by atoms with Crippen LogP contribution in [-0.4, -0.2) is 31.0 Å². The minimum atomic E-state index is 0.178. The fourth-order valence-corrected chi connectivity index (χ4v) is 3.49. The van der Waals surface area contributed by atoms with Gasteiger partial charge in [0.1, 0.15) is 5.75 Å². The molecule has 0 spiro atoms. The lowest BCUT2D eigenvalue weighted by molar-refractivity contribution is 0.0784. The predicted octanol–water partition coefficient (Wildman–Crippen LogP) is 2.96. The molecule has 2 aliphatic rings. The number of rotatable bonds is 2. The summed E-state index contributed by atoms with van der Waals surface area (Å²) in [6.07, 6.45) is 5.28. The number of hydrogen-bond acceptors (Lipinski definition) is 2. The molecule has 2 unspecified atom stereocenters. The quantitative estimate of drug-likeness (QED) is 0.817. The van der Waals surface area contributed by atoms with E-state index in [4.69, 9.17) is 4.74 Å². The van der Waals surface area contributed by atoms with Gasteiger partial charge in [-0.1, -0.05) is 12.8 Å². The van der Waals surface area contributed by atoms with E-state index in [0.29, 0.717) is 0 Å². The zero-order valence-electron chi connectivity index (χ0n) is 11.5. The summed E-state index contributed by atoms with van der Waals surface area (Å²) in [6, 6.07) is 7.44. The first-order valence-electron chi connectivity index (χ1n) is 7.21. The molecule has 1 aromatic rings. The second-order valence-corrected chi connectivity index (χ2v) is 5.74. The Hall–Kier alpha value is -1.51. The maximum atomic E-state index is 12.5. The summed E-state index contributed by atoms with van der Waals surface area (Å²) < 4.78 is 5.13. The van der Waals surface area contributed by atoms with Gasteiger partial charge in [-0.3, -0.25) is 4.79 Å². The lowest BCUT2D eigenvalue weighted by atomic mass is 9.82. The van der Waals surface area contributed by atoms with Gasteiger partial charge in [0.2, 0.25) is 0 Å². The van der Waals surface area contributed by atoms with E-state index in [0.717, 1.165) is 36.2 Å². The van der Waals surface area contributed by atoms with Crippen LogP contribution in [0.3, 0.4) is 0 Å². The summed E-state index contributed by atoms with van der Waals surface area (Å²) in [4.78, 5) is 14.5. The highest BCUT2D eigenvalue weighted by molar-refractivity contribution is 5.94. The standard InChI is InChI=1S/C16H21NO2/c1-19-15-8-6-12(7-9-15)16(18)17-10-13-4-2-3-5-14(13)11-17/h6-9,13-14H,2-5,10-11H2,1H3. The van der Waals surface area contributed by atoms with Crippen LogP contribution in [0, 0.1) is 11.8 Å². The van der Waals surface area contributed by atoms with Gasteiger partial charge in [-0.25, -0.2) is 0 Å². The van der Waals surface area contributed by atoms with Gasteiger partial charge in [0.15, 0.2) is 0 Å². The van der Waals surface area contributed by atoms with Crippen molar-refractivity contribution in [3.8, 4) is 5.75 Å². The van der Waals surface area contributed by atoms with E-state index < -0.39 is 0 Å². The third kappa shape index (κ3) is 2.46. The minimum absolute atomic E-state index is 0.178. The van der Waals surface area contributed by atoms with E-state index in [9.17, 15) is 4.79 Å². The number of carbonyl (C=O) groups is 1. The van der Waals surface area contributed by atoms with Gasteiger partial charge in [-0.15, -0.1) is 0 Å². The molecule has 3 rings (SSSR count). The summed E-state index contributed by atoms with van der Waals surface area (Å²) in [5.41, 5.74) is 0.777. The largest absolute Gasteiger partial charge is 0.497 e. The van der Waals surface area contributed by atoms with E-state index in [1.807, 2.05) is 29.2 Å². The zero-order chi connectivity index (χ0) is 13.2. The molecular weight excluding hydrogens is 238 g/mol. The maximum Gasteiger partial charge on any atom is 0.253 e. The number of hydrogen-bond donors (Lipinski definition) is 0. The Morgan fingerprint density at radius 1 is 1.11 bits per heavy atom. The van der Waals surface area contributed by atoms with E-state index in [1.54, 1.807) is 7.11 Å². The lowest BCUT2D eigenvalue weighted by Crippen LogP contribution is -2.28. The highest BCUT2D eigenvalue weighted by atomic mass is 16.5. The highest BCUT2D eigenvalue weighted by Gasteiger charge is 2.36. The molecular formula is C16H21NO2. The molecule has 1 saturated heterocycles. The number of methoxy groups -OCH3 is 1. The molecule has 102 valence electrons. The molecule has 0 N–H and O–H groups in total. The summed E-state index contributed by atoms with van der Waals surface area (Å²) in [7, 11) is 1.64. The van der Waals surface area contributed by atoms with Crippen molar-refractivity contribution in [1.82, 2.24) is 4.90 Å². The average molecular weight is 259 g/mol. The molecule has 2 fully saturated rings. The van der Waals surface area contributed by atoms with E-state index in [-0.39, 0.29) is 5.91 Å². The van der Waals surface area contributed by atoms with Crippen LogP contribution in [0.1, 0.15) is 36.0 Å². The normalized spacial score (nSPS) is 26.1. The third-order valence-electron chi connectivity index (χ3n) is 4.60. The number of fused-ring (bicyclic) bond motifs is 1. The molecule has 3 heteroatoms. The van der Waals surface area contributed by atoms with Crippen LogP contribution < -0.4 is 4.74 Å². The summed E-state index contributed by atoms with van der Waals surface area (Å²) in [5, 5.41) is 0. The first-order valence-corrected chi connectivity index (χ1v) is 7.21. The van der Waals surface area contributed by atoms with Crippen LogP contribution in [0.15, 0.2) is 24.3 Å². The van der Waals surface area contributed by atoms with Gasteiger partial charge in [0.25, 0.3) is 5.91 Å². The lowest BCUT2D eigenvalue weighted by Gasteiger charge is -2.22. The zero-order valence-corrected chi connectivity index (χ0v) is 11.5. The summed E-state index contributed by atoms with van der Waals surface area (Å²) >= 11 is 0. The van der Waals surface area contributed by atoms with E-state index >= 15 is 0 Å². The summed E-state index contributed by atoms with van der Waals surface area (Å²) in [6.45, 7) is 1.91. The Morgan fingerprint density at radius 2 is 1.68 bits per heavy atom. The number of benzene rings is 1. The van der Waals surface area contributed by atoms with Crippen LogP contribution in [0.4, 0.5) is 0 Å². The van der Waals surface area contributed by atoms with Crippen molar-refractivity contribution in [1.29, 1.82) is 0 Å². The number of amides is 1. The topological polar surface area (TPSA) is 29.5 Å². The van der Waals surface area contributed by atoms with Crippen LogP contribution in [-0.2, 0) is 0 Å². The van der Waals surface area contributed by atoms with Gasteiger partial charge in [-0.05, 0) is 48.9 Å². The Morgan fingerprint density at radius 3 is 2.21 bits per heavy atom. The number of nitrogens with zero attached hydrogens (tertiary/aromatic N) is 1. The molecule has 1 amide bonds. The van der Waals surface area contributed by atoms with Gasteiger partial charge < -0.3 is 9.64 Å². The second-order valence-electron chi connectivity index (χ2n) is 5.74. The fraction of sp³-hybridized carbons (Fsp3) is 0.562. The van der Waals surface area contributed by atoms with Crippen molar-refractivity contribution >= 4 is 5.91 Å². The van der Waals surface area contributed by atoms with Crippen LogP contribution >= 0.6 is 0 Å². The molecule has 0 aromatic heterocycles. The number of ether oxygens (including phenoxy) is 1. The third-order valence-corrected chi connectivity index (χ3v) is 4.60. The van der Waals surface area contributed by atoms with E-state index in [1.165, 1.54) is 25.7 Å². The van der Waals surface area contributed by atoms with Crippen LogP contribution in [0.2, 0.25) is 0 Å². The predicted molar refractivity (Wildman–Crippen MR) is 74.3 cm³/mol. The number of carbonyl (C=O) groups excluding carboxylic acids is 1. The number of likely N-dealkylation sites (tertiary alicyclic amines) is 1. The monoisotopic (exact) mass is 259 g/mol. The van der Waals surface area contributed by atoms with Gasteiger partial charge in [0.05, 0.1) is 7.11 Å².